The molecule has 1 aromatic heterocycles. The van der Waals surface area contributed by atoms with Crippen molar-refractivity contribution in [1.82, 2.24) is 4.31 Å². The summed E-state index contributed by atoms with van der Waals surface area (Å²) in [5.74, 6) is -0.301. The van der Waals surface area contributed by atoms with E-state index < -0.39 is 10.0 Å². The number of nitrogens with one attached hydrogen (secondary N) is 1. The average Bonchev–Trinajstić information content (AvgIpc) is 3.02. The molecule has 0 radical (unpaired) electrons. The van der Waals surface area contributed by atoms with E-state index in [1.807, 2.05) is 32.0 Å². The van der Waals surface area contributed by atoms with Crippen molar-refractivity contribution in [1.29, 1.82) is 0 Å². The van der Waals surface area contributed by atoms with Gasteiger partial charge in [0.25, 0.3) is 5.91 Å². The van der Waals surface area contributed by atoms with E-state index in [4.69, 9.17) is 4.74 Å². The molecule has 0 saturated carbocycles. The summed E-state index contributed by atoms with van der Waals surface area (Å²) in [4.78, 5) is 13.7. The number of carbonyl (C=O) groups excluding carboxylic acids is 1. The molecular weight excluding hydrogens is 372 g/mol. The zero-order chi connectivity index (χ0) is 18.9. The molecule has 2 heterocycles. The maximum Gasteiger partial charge on any atom is 0.265 e. The highest BCUT2D eigenvalue weighted by atomic mass is 32.2. The van der Waals surface area contributed by atoms with Gasteiger partial charge in [0.2, 0.25) is 10.0 Å². The van der Waals surface area contributed by atoms with Crippen LogP contribution in [0.2, 0.25) is 0 Å². The molecule has 0 aliphatic carbocycles. The topological polar surface area (TPSA) is 75.7 Å². The molecule has 0 spiro atoms. The summed E-state index contributed by atoms with van der Waals surface area (Å²) < 4.78 is 32.3. The number of amides is 1. The quantitative estimate of drug-likeness (QED) is 0.865. The SMILES string of the molecule is Cc1ccc(NC(=O)c2cc(S(=O)(=O)N3CCOCC3)c(C)s2)cc1C. The lowest BCUT2D eigenvalue weighted by Gasteiger charge is -2.25. The number of rotatable bonds is 4. The highest BCUT2D eigenvalue weighted by Crippen LogP contribution is 2.29. The second-order valence-corrected chi connectivity index (χ2v) is 9.46. The predicted molar refractivity (Wildman–Crippen MR) is 103 cm³/mol. The molecule has 3 rings (SSSR count). The van der Waals surface area contributed by atoms with Gasteiger partial charge in [-0.2, -0.15) is 4.31 Å². The summed E-state index contributed by atoms with van der Waals surface area (Å²) in [6, 6.07) is 7.16. The van der Waals surface area contributed by atoms with Crippen LogP contribution in [0, 0.1) is 20.8 Å². The van der Waals surface area contributed by atoms with Gasteiger partial charge < -0.3 is 10.1 Å². The average molecular weight is 395 g/mol. The fourth-order valence-electron chi connectivity index (χ4n) is 2.77. The smallest absolute Gasteiger partial charge is 0.265 e. The van der Waals surface area contributed by atoms with Gasteiger partial charge >= 0.3 is 0 Å². The Bertz CT molecular complexity index is 929. The van der Waals surface area contributed by atoms with E-state index in [0.717, 1.165) is 11.1 Å². The van der Waals surface area contributed by atoms with Crippen molar-refractivity contribution in [2.75, 3.05) is 31.6 Å². The summed E-state index contributed by atoms with van der Waals surface area (Å²) in [5, 5.41) is 2.84. The summed E-state index contributed by atoms with van der Waals surface area (Å²) in [5.41, 5.74) is 2.93. The van der Waals surface area contributed by atoms with Crippen molar-refractivity contribution in [2.24, 2.45) is 0 Å². The number of benzene rings is 1. The van der Waals surface area contributed by atoms with Crippen LogP contribution in [0.3, 0.4) is 0 Å². The lowest BCUT2D eigenvalue weighted by Crippen LogP contribution is -2.40. The normalized spacial score (nSPS) is 15.8. The van der Waals surface area contributed by atoms with Gasteiger partial charge in [0.05, 0.1) is 23.0 Å². The lowest BCUT2D eigenvalue weighted by atomic mass is 10.1. The third-order valence-corrected chi connectivity index (χ3v) is 7.65. The Kier molecular flexibility index (Phi) is 5.47. The van der Waals surface area contributed by atoms with Gasteiger partial charge in [-0.3, -0.25) is 4.79 Å². The van der Waals surface area contributed by atoms with Crippen molar-refractivity contribution in [3.8, 4) is 0 Å². The van der Waals surface area contributed by atoms with E-state index in [2.05, 4.69) is 5.32 Å². The van der Waals surface area contributed by atoms with Crippen LogP contribution in [0.5, 0.6) is 0 Å². The molecule has 0 atom stereocenters. The molecule has 140 valence electrons. The third kappa shape index (κ3) is 3.83. The second-order valence-electron chi connectivity index (χ2n) is 6.30. The number of thiophene rings is 1. The van der Waals surface area contributed by atoms with Crippen molar-refractivity contribution >= 4 is 33.0 Å². The molecule has 1 N–H and O–H groups in total. The summed E-state index contributed by atoms with van der Waals surface area (Å²) in [7, 11) is -3.61. The largest absolute Gasteiger partial charge is 0.379 e. The first-order chi connectivity index (χ1) is 12.3. The Morgan fingerprint density at radius 3 is 2.46 bits per heavy atom. The molecule has 1 aliphatic rings. The number of morpholine rings is 1. The van der Waals surface area contributed by atoms with Crippen LogP contribution in [0.4, 0.5) is 5.69 Å². The standard InChI is InChI=1S/C18H22N2O4S2/c1-12-4-5-15(10-13(12)2)19-18(21)16-11-17(14(3)25-16)26(22,23)20-6-8-24-9-7-20/h4-5,10-11H,6-9H2,1-3H3,(H,19,21). The minimum Gasteiger partial charge on any atom is -0.379 e. The van der Waals surface area contributed by atoms with Gasteiger partial charge in [0, 0.05) is 23.7 Å². The molecule has 1 aromatic carbocycles. The highest BCUT2D eigenvalue weighted by Gasteiger charge is 2.30. The number of ether oxygens (including phenoxy) is 1. The second kappa shape index (κ2) is 7.48. The Morgan fingerprint density at radius 2 is 1.81 bits per heavy atom. The molecule has 6 nitrogen and oxygen atoms in total. The maximum absolute atomic E-state index is 12.8. The molecule has 1 fully saturated rings. The van der Waals surface area contributed by atoms with Gasteiger partial charge in [-0.1, -0.05) is 6.07 Å². The minimum atomic E-state index is -3.61. The number of anilines is 1. The molecule has 26 heavy (non-hydrogen) atoms. The van der Waals surface area contributed by atoms with E-state index in [9.17, 15) is 13.2 Å². The molecule has 1 aliphatic heterocycles. The van der Waals surface area contributed by atoms with E-state index in [1.54, 1.807) is 6.92 Å². The number of hydrogen-bond acceptors (Lipinski definition) is 5. The van der Waals surface area contributed by atoms with Crippen molar-refractivity contribution < 1.29 is 17.9 Å². The predicted octanol–water partition coefficient (Wildman–Crippen LogP) is 2.95. The fourth-order valence-corrected chi connectivity index (χ4v) is 5.63. The van der Waals surface area contributed by atoms with Crippen molar-refractivity contribution in [3.63, 3.8) is 0 Å². The lowest BCUT2D eigenvalue weighted by molar-refractivity contribution is 0.0730. The van der Waals surface area contributed by atoms with Gasteiger partial charge in [-0.05, 0) is 50.1 Å². The third-order valence-electron chi connectivity index (χ3n) is 4.45. The van der Waals surface area contributed by atoms with Crippen LogP contribution in [0.1, 0.15) is 25.7 Å². The Morgan fingerprint density at radius 1 is 1.12 bits per heavy atom. The monoisotopic (exact) mass is 394 g/mol. The van der Waals surface area contributed by atoms with E-state index in [1.165, 1.54) is 21.7 Å². The van der Waals surface area contributed by atoms with Crippen LogP contribution < -0.4 is 5.32 Å². The molecule has 2 aromatic rings. The Labute approximate surface area is 157 Å². The molecule has 1 amide bonds. The number of carbonyl (C=O) groups is 1. The van der Waals surface area contributed by atoms with Crippen LogP contribution in [-0.4, -0.2) is 44.9 Å². The summed E-state index contributed by atoms with van der Waals surface area (Å²) in [6.07, 6.45) is 0. The van der Waals surface area contributed by atoms with Crippen LogP contribution >= 0.6 is 11.3 Å². The van der Waals surface area contributed by atoms with Crippen molar-refractivity contribution in [2.45, 2.75) is 25.7 Å². The summed E-state index contributed by atoms with van der Waals surface area (Å²) in [6.45, 7) is 7.17. The van der Waals surface area contributed by atoms with Gasteiger partial charge in [-0.15, -0.1) is 11.3 Å². The van der Waals surface area contributed by atoms with E-state index >= 15 is 0 Å². The highest BCUT2D eigenvalue weighted by molar-refractivity contribution is 7.89. The zero-order valence-electron chi connectivity index (χ0n) is 15.0. The first-order valence-corrected chi connectivity index (χ1v) is 10.6. The van der Waals surface area contributed by atoms with Crippen LogP contribution in [0.25, 0.3) is 0 Å². The molecule has 0 bridgehead atoms. The maximum atomic E-state index is 12.8. The Balaban J connectivity index is 1.82. The fraction of sp³-hybridized carbons (Fsp3) is 0.389. The first-order valence-electron chi connectivity index (χ1n) is 8.36. The van der Waals surface area contributed by atoms with Crippen molar-refractivity contribution in [3.05, 3.63) is 45.1 Å². The first kappa shape index (κ1) is 19.0. The van der Waals surface area contributed by atoms with E-state index in [-0.39, 0.29) is 10.8 Å². The molecular formula is C18H22N2O4S2. The number of sulfonamides is 1. The molecule has 1 saturated heterocycles. The number of nitrogens with zero attached hydrogens (tertiary/aromatic N) is 1. The van der Waals surface area contributed by atoms with Crippen LogP contribution in [0.15, 0.2) is 29.2 Å². The molecule has 8 heteroatoms. The van der Waals surface area contributed by atoms with E-state index in [0.29, 0.717) is 41.7 Å². The van der Waals surface area contributed by atoms with Gasteiger partial charge in [-0.25, -0.2) is 8.42 Å². The number of aryl methyl sites for hydroxylation is 3. The van der Waals surface area contributed by atoms with Gasteiger partial charge in [0.15, 0.2) is 0 Å². The molecule has 0 unspecified atom stereocenters. The number of hydrogen-bond donors (Lipinski definition) is 1. The van der Waals surface area contributed by atoms with Gasteiger partial charge in [0.1, 0.15) is 0 Å². The minimum absolute atomic E-state index is 0.203. The Hall–Kier alpha value is -1.74. The zero-order valence-corrected chi connectivity index (χ0v) is 16.7. The summed E-state index contributed by atoms with van der Waals surface area (Å²) >= 11 is 1.19. The van der Waals surface area contributed by atoms with Crippen LogP contribution in [-0.2, 0) is 14.8 Å².